The SMILES string of the molecule is COc1c(O)cc(O)c(C(=O)COC(=O)c2ccccc2)c1O. The molecule has 2 rings (SSSR count). The Hall–Kier alpha value is -3.22. The highest BCUT2D eigenvalue weighted by Gasteiger charge is 2.24. The molecule has 0 amide bonds. The average molecular weight is 318 g/mol. The first-order valence-corrected chi connectivity index (χ1v) is 6.53. The number of ketones is 1. The lowest BCUT2D eigenvalue weighted by atomic mass is 10.1. The van der Waals surface area contributed by atoms with Crippen molar-refractivity contribution >= 4 is 11.8 Å². The molecule has 2 aromatic rings. The van der Waals surface area contributed by atoms with Gasteiger partial charge in [0.1, 0.15) is 11.3 Å². The summed E-state index contributed by atoms with van der Waals surface area (Å²) in [5.41, 5.74) is -0.238. The molecule has 0 saturated heterocycles. The van der Waals surface area contributed by atoms with E-state index in [2.05, 4.69) is 0 Å². The lowest BCUT2D eigenvalue weighted by Crippen LogP contribution is -2.14. The smallest absolute Gasteiger partial charge is 0.338 e. The predicted molar refractivity (Wildman–Crippen MR) is 79.0 cm³/mol. The summed E-state index contributed by atoms with van der Waals surface area (Å²) in [4.78, 5) is 23.8. The highest BCUT2D eigenvalue weighted by Crippen LogP contribution is 2.43. The summed E-state index contributed by atoms with van der Waals surface area (Å²) < 4.78 is 9.59. The molecule has 0 heterocycles. The topological polar surface area (TPSA) is 113 Å². The van der Waals surface area contributed by atoms with Gasteiger partial charge in [-0.1, -0.05) is 18.2 Å². The van der Waals surface area contributed by atoms with E-state index in [1.165, 1.54) is 19.2 Å². The third-order valence-corrected chi connectivity index (χ3v) is 3.04. The van der Waals surface area contributed by atoms with E-state index >= 15 is 0 Å². The van der Waals surface area contributed by atoms with Gasteiger partial charge in [0.2, 0.25) is 11.5 Å². The maximum atomic E-state index is 12.1. The number of carbonyl (C=O) groups excluding carboxylic acids is 2. The first-order valence-electron chi connectivity index (χ1n) is 6.53. The number of phenols is 3. The number of esters is 1. The minimum absolute atomic E-state index is 0.261. The van der Waals surface area contributed by atoms with E-state index in [1.807, 2.05) is 0 Å². The summed E-state index contributed by atoms with van der Waals surface area (Å²) in [5, 5.41) is 29.1. The Morgan fingerprint density at radius 2 is 1.70 bits per heavy atom. The molecule has 120 valence electrons. The predicted octanol–water partition coefficient (Wildman–Crippen LogP) is 1.85. The van der Waals surface area contributed by atoms with Crippen molar-refractivity contribution in [2.24, 2.45) is 0 Å². The van der Waals surface area contributed by atoms with E-state index in [-0.39, 0.29) is 11.3 Å². The molecule has 0 radical (unpaired) electrons. The van der Waals surface area contributed by atoms with Gasteiger partial charge in [0, 0.05) is 6.07 Å². The number of ether oxygens (including phenoxy) is 2. The van der Waals surface area contributed by atoms with Crippen LogP contribution in [-0.4, -0.2) is 40.8 Å². The van der Waals surface area contributed by atoms with Crippen LogP contribution in [0.3, 0.4) is 0 Å². The van der Waals surface area contributed by atoms with Gasteiger partial charge in [0.05, 0.1) is 12.7 Å². The van der Waals surface area contributed by atoms with E-state index in [0.29, 0.717) is 0 Å². The zero-order valence-electron chi connectivity index (χ0n) is 12.1. The molecule has 0 spiro atoms. The Morgan fingerprint density at radius 1 is 1.04 bits per heavy atom. The molecule has 0 bridgehead atoms. The molecule has 0 aliphatic carbocycles. The second-order valence-electron chi connectivity index (χ2n) is 4.54. The highest BCUT2D eigenvalue weighted by molar-refractivity contribution is 6.04. The van der Waals surface area contributed by atoms with Crippen LogP contribution in [0.1, 0.15) is 20.7 Å². The Bertz CT molecular complexity index is 738. The van der Waals surface area contributed by atoms with Crippen molar-refractivity contribution in [3.63, 3.8) is 0 Å². The van der Waals surface area contributed by atoms with Crippen LogP contribution >= 0.6 is 0 Å². The van der Waals surface area contributed by atoms with Crippen LogP contribution < -0.4 is 4.74 Å². The molecule has 0 fully saturated rings. The third kappa shape index (κ3) is 3.34. The summed E-state index contributed by atoms with van der Waals surface area (Å²) in [5.74, 6) is -3.83. The number of methoxy groups -OCH3 is 1. The first kappa shape index (κ1) is 16.2. The Labute approximate surface area is 131 Å². The molecule has 0 aliphatic rings. The molecule has 7 heteroatoms. The lowest BCUT2D eigenvalue weighted by molar-refractivity contribution is 0.0473. The third-order valence-electron chi connectivity index (χ3n) is 3.04. The maximum Gasteiger partial charge on any atom is 0.338 e. The van der Waals surface area contributed by atoms with Crippen molar-refractivity contribution in [1.29, 1.82) is 0 Å². The number of carbonyl (C=O) groups is 2. The fourth-order valence-corrected chi connectivity index (χ4v) is 1.96. The fourth-order valence-electron chi connectivity index (χ4n) is 1.96. The quantitative estimate of drug-likeness (QED) is 0.569. The van der Waals surface area contributed by atoms with Gasteiger partial charge in [-0.05, 0) is 12.1 Å². The van der Waals surface area contributed by atoms with Crippen molar-refractivity contribution in [1.82, 2.24) is 0 Å². The molecular weight excluding hydrogens is 304 g/mol. The van der Waals surface area contributed by atoms with E-state index in [4.69, 9.17) is 9.47 Å². The van der Waals surface area contributed by atoms with Gasteiger partial charge < -0.3 is 24.8 Å². The van der Waals surface area contributed by atoms with Crippen LogP contribution in [0.25, 0.3) is 0 Å². The molecule has 0 unspecified atom stereocenters. The van der Waals surface area contributed by atoms with E-state index < -0.39 is 41.2 Å². The van der Waals surface area contributed by atoms with Gasteiger partial charge in [0.25, 0.3) is 0 Å². The number of phenolic OH excluding ortho intramolecular Hbond substituents is 3. The summed E-state index contributed by atoms with van der Waals surface area (Å²) in [6.45, 7) is -0.692. The molecule has 0 saturated carbocycles. The largest absolute Gasteiger partial charge is 0.507 e. The number of Topliss-reactive ketones (excluding diaryl/α,β-unsaturated/α-hetero) is 1. The molecule has 0 aliphatic heterocycles. The first-order chi connectivity index (χ1) is 11.0. The number of hydrogen-bond donors (Lipinski definition) is 3. The molecule has 0 aromatic heterocycles. The van der Waals surface area contributed by atoms with Crippen molar-refractivity contribution in [2.45, 2.75) is 0 Å². The Kier molecular flexibility index (Phi) is 4.70. The number of hydrogen-bond acceptors (Lipinski definition) is 7. The summed E-state index contributed by atoms with van der Waals surface area (Å²) >= 11 is 0. The normalized spacial score (nSPS) is 10.1. The van der Waals surface area contributed by atoms with Gasteiger partial charge >= 0.3 is 5.97 Å². The van der Waals surface area contributed by atoms with Crippen LogP contribution in [0.15, 0.2) is 36.4 Å². The van der Waals surface area contributed by atoms with Gasteiger partial charge in [-0.2, -0.15) is 0 Å². The molecule has 7 nitrogen and oxygen atoms in total. The molecular formula is C16H14O7. The van der Waals surface area contributed by atoms with Crippen molar-refractivity contribution in [2.75, 3.05) is 13.7 Å². The second kappa shape index (κ2) is 6.69. The lowest BCUT2D eigenvalue weighted by Gasteiger charge is -2.12. The fraction of sp³-hybridized carbons (Fsp3) is 0.125. The monoisotopic (exact) mass is 318 g/mol. The summed E-state index contributed by atoms with van der Waals surface area (Å²) in [7, 11) is 1.18. The van der Waals surface area contributed by atoms with Crippen molar-refractivity contribution in [3.05, 3.63) is 47.5 Å². The van der Waals surface area contributed by atoms with Crippen LogP contribution in [0.2, 0.25) is 0 Å². The van der Waals surface area contributed by atoms with E-state index in [1.54, 1.807) is 18.2 Å². The number of rotatable bonds is 5. The summed E-state index contributed by atoms with van der Waals surface area (Å²) in [6, 6.07) is 8.89. The van der Waals surface area contributed by atoms with Crippen molar-refractivity contribution in [3.8, 4) is 23.0 Å². The minimum Gasteiger partial charge on any atom is -0.507 e. The van der Waals surface area contributed by atoms with E-state index in [0.717, 1.165) is 6.07 Å². The molecule has 3 N–H and O–H groups in total. The minimum atomic E-state index is -0.845. The number of aromatic hydroxyl groups is 3. The zero-order chi connectivity index (χ0) is 17.0. The van der Waals surface area contributed by atoms with Crippen LogP contribution in [0, 0.1) is 0 Å². The van der Waals surface area contributed by atoms with Crippen LogP contribution in [0.4, 0.5) is 0 Å². The second-order valence-corrected chi connectivity index (χ2v) is 4.54. The van der Waals surface area contributed by atoms with Gasteiger partial charge in [-0.15, -0.1) is 0 Å². The molecule has 0 atom stereocenters. The molecule has 2 aromatic carbocycles. The van der Waals surface area contributed by atoms with Crippen molar-refractivity contribution < 1.29 is 34.4 Å². The van der Waals surface area contributed by atoms with Gasteiger partial charge in [-0.25, -0.2) is 4.79 Å². The highest BCUT2D eigenvalue weighted by atomic mass is 16.5. The summed E-state index contributed by atoms with van der Waals surface area (Å²) in [6.07, 6.45) is 0. The van der Waals surface area contributed by atoms with Gasteiger partial charge in [0.15, 0.2) is 18.1 Å². The molecule has 23 heavy (non-hydrogen) atoms. The number of benzene rings is 2. The zero-order valence-corrected chi connectivity index (χ0v) is 12.1. The standard InChI is InChI=1S/C16H14O7/c1-22-15-11(18)7-10(17)13(14(15)20)12(19)8-23-16(21)9-5-3-2-4-6-9/h2-7,17-18,20H,8H2,1H3. The average Bonchev–Trinajstić information content (AvgIpc) is 2.53. The van der Waals surface area contributed by atoms with Crippen LogP contribution in [-0.2, 0) is 4.74 Å². The van der Waals surface area contributed by atoms with Crippen LogP contribution in [0.5, 0.6) is 23.0 Å². The Balaban J connectivity index is 2.17. The van der Waals surface area contributed by atoms with E-state index in [9.17, 15) is 24.9 Å². The maximum absolute atomic E-state index is 12.1. The Morgan fingerprint density at radius 3 is 2.30 bits per heavy atom. The van der Waals surface area contributed by atoms with Gasteiger partial charge in [-0.3, -0.25) is 4.79 Å².